The van der Waals surface area contributed by atoms with Gasteiger partial charge in [-0.1, -0.05) is 98.9 Å². The summed E-state index contributed by atoms with van der Waals surface area (Å²) in [6, 6.07) is 5.05. The van der Waals surface area contributed by atoms with Crippen molar-refractivity contribution in [2.45, 2.75) is 40.0 Å². The van der Waals surface area contributed by atoms with E-state index in [9.17, 15) is 5.21 Å². The van der Waals surface area contributed by atoms with Gasteiger partial charge in [0.2, 0.25) is 0 Å². The van der Waals surface area contributed by atoms with Gasteiger partial charge in [0.1, 0.15) is 19.5 Å². The van der Waals surface area contributed by atoms with Crippen molar-refractivity contribution in [2.75, 3.05) is 5.48 Å². The van der Waals surface area contributed by atoms with Gasteiger partial charge in [0.25, 0.3) is 0 Å². The molecule has 0 aromatic heterocycles. The molecule has 8 atom stereocenters. The number of halogens is 12. The van der Waals surface area contributed by atoms with E-state index in [0.29, 0.717) is 16.8 Å². The zero-order chi connectivity index (χ0) is 25.2. The molecule has 0 saturated heterocycles. The Morgan fingerprint density at radius 2 is 0.971 bits per heavy atom. The second-order valence-electron chi connectivity index (χ2n) is 9.21. The van der Waals surface area contributed by atoms with E-state index in [2.05, 4.69) is 5.48 Å². The van der Waals surface area contributed by atoms with Gasteiger partial charge < -0.3 is 0 Å². The van der Waals surface area contributed by atoms with Gasteiger partial charge in [0, 0.05) is 23.7 Å². The normalized spacial score (nSPS) is 48.9. The molecule has 2 saturated carbocycles. The first-order chi connectivity index (χ1) is 15.5. The third-order valence-corrected chi connectivity index (χ3v) is 16.8. The molecule has 0 heterocycles. The highest BCUT2D eigenvalue weighted by Crippen LogP contribution is 2.88. The fourth-order valence-corrected chi connectivity index (χ4v) is 13.0. The lowest BCUT2D eigenvalue weighted by atomic mass is 9.57. The monoisotopic (exact) mass is 699 g/mol. The first kappa shape index (κ1) is 26.2. The van der Waals surface area contributed by atoms with Crippen LogP contribution in [0.4, 0.5) is 5.69 Å². The van der Waals surface area contributed by atoms with Crippen molar-refractivity contribution < 1.29 is 5.21 Å². The van der Waals surface area contributed by atoms with Crippen molar-refractivity contribution in [1.82, 2.24) is 0 Å². The van der Waals surface area contributed by atoms with Gasteiger partial charge in [-0.2, -0.15) is 0 Å². The maximum Gasteiger partial charge on any atom is 0.167 e. The maximum absolute atomic E-state index is 9.61. The average Bonchev–Trinajstić information content (AvgIpc) is 3.13. The molecule has 4 bridgehead atoms. The van der Waals surface area contributed by atoms with Crippen LogP contribution in [-0.4, -0.2) is 33.4 Å². The average molecular weight is 705 g/mol. The molecular weight excluding hydrogens is 696 g/mol. The van der Waals surface area contributed by atoms with Crippen LogP contribution in [0.15, 0.2) is 38.3 Å². The van der Waals surface area contributed by atoms with E-state index in [4.69, 9.17) is 139 Å². The number of allylic oxidation sites excluding steroid dienone is 4. The van der Waals surface area contributed by atoms with Crippen LogP contribution >= 0.6 is 139 Å². The maximum atomic E-state index is 9.61. The molecule has 2 fully saturated rings. The Hall–Kier alpha value is 1.94. The van der Waals surface area contributed by atoms with E-state index in [1.165, 1.54) is 0 Å². The highest BCUT2D eigenvalue weighted by atomic mass is 35.5. The van der Waals surface area contributed by atoms with Crippen LogP contribution in [0.1, 0.15) is 23.0 Å². The van der Waals surface area contributed by atoms with Gasteiger partial charge in [-0.3, -0.25) is 10.7 Å². The number of alkyl halides is 8. The van der Waals surface area contributed by atoms with E-state index < -0.39 is 51.8 Å². The third-order valence-electron chi connectivity index (χ3n) is 8.26. The minimum Gasteiger partial charge on any atom is -0.291 e. The Bertz CT molecular complexity index is 1260. The van der Waals surface area contributed by atoms with E-state index in [1.54, 1.807) is 18.2 Å². The molecule has 5 aliphatic rings. The summed E-state index contributed by atoms with van der Waals surface area (Å²) in [5.41, 5.74) is 3.75. The van der Waals surface area contributed by atoms with Crippen molar-refractivity contribution >= 4 is 145 Å². The Labute approximate surface area is 254 Å². The van der Waals surface area contributed by atoms with Gasteiger partial charge in [-0.25, -0.2) is 0 Å². The number of rotatable bonds is 1. The SMILES string of the molecule is ONc1ccc2c(c1)[C@@H]1[C@@H]([C@@H]3[C@@H]2[C@]2(Cl)C(Cl)=C(Cl)[C@]3(Cl)C2(Cl)Cl)[C@]2(Cl)C(Cl)=C(Cl)[C@]1(Cl)C2(Cl)Cl. The van der Waals surface area contributed by atoms with Gasteiger partial charge in [-0.15, -0.1) is 46.4 Å². The first-order valence-corrected chi connectivity index (χ1v) is 14.2. The van der Waals surface area contributed by atoms with Crippen molar-refractivity contribution in [3.05, 3.63) is 49.5 Å². The molecule has 0 radical (unpaired) electrons. The van der Waals surface area contributed by atoms with Crippen LogP contribution < -0.4 is 5.48 Å². The molecular formula is C20H9Cl12NO. The number of anilines is 1. The predicted octanol–water partition coefficient (Wildman–Crippen LogP) is 9.59. The smallest absolute Gasteiger partial charge is 0.167 e. The van der Waals surface area contributed by atoms with E-state index in [0.717, 1.165) is 0 Å². The summed E-state index contributed by atoms with van der Waals surface area (Å²) < 4.78 is -3.76. The van der Waals surface area contributed by atoms with Crippen LogP contribution in [0.5, 0.6) is 0 Å². The Morgan fingerprint density at radius 1 is 0.588 bits per heavy atom. The van der Waals surface area contributed by atoms with Gasteiger partial charge in [0.05, 0.1) is 25.8 Å². The third kappa shape index (κ3) is 2.22. The summed E-state index contributed by atoms with van der Waals surface area (Å²) in [4.78, 5) is -6.70. The van der Waals surface area contributed by atoms with Crippen molar-refractivity contribution in [1.29, 1.82) is 0 Å². The second kappa shape index (κ2) is 7.17. The summed E-state index contributed by atoms with van der Waals surface area (Å²) in [6.07, 6.45) is 0. The van der Waals surface area contributed by atoms with E-state index in [-0.39, 0.29) is 20.1 Å². The fourth-order valence-electron chi connectivity index (χ4n) is 6.97. The molecule has 1 aromatic rings. The highest BCUT2D eigenvalue weighted by molar-refractivity contribution is 6.67. The number of nitrogens with one attached hydrogen (secondary N) is 1. The number of benzene rings is 1. The summed E-state index contributed by atoms with van der Waals surface area (Å²) in [7, 11) is 0. The minimum atomic E-state index is -1.89. The summed E-state index contributed by atoms with van der Waals surface area (Å²) in [5, 5.41) is 9.65. The van der Waals surface area contributed by atoms with Crippen molar-refractivity contribution in [3.63, 3.8) is 0 Å². The fraction of sp³-hybridized carbons (Fsp3) is 0.500. The molecule has 5 aliphatic carbocycles. The molecule has 0 spiro atoms. The molecule has 2 N–H and O–H groups in total. The van der Waals surface area contributed by atoms with Gasteiger partial charge in [-0.05, 0) is 23.3 Å². The standard InChI is InChI=1S/C20H9Cl12NO/c21-11-13(23)17(27)9-7(15(11,25)19(17,29)30)5-2-1-4(33-34)3-6(5)8-10(9)18(28)14(24)12(22)16(8,26)20(18,31)32/h1-3,7-10,33-34H/t7-,8-,9+,10+,15+,16+,17+,18+/m1/s1. The molecule has 1 aromatic carbocycles. The topological polar surface area (TPSA) is 32.3 Å². The largest absolute Gasteiger partial charge is 0.291 e. The van der Waals surface area contributed by atoms with Crippen LogP contribution in [-0.2, 0) is 0 Å². The lowest BCUT2D eigenvalue weighted by Crippen LogP contribution is -2.53. The lowest BCUT2D eigenvalue weighted by molar-refractivity contribution is 0.201. The number of hydrogen-bond acceptors (Lipinski definition) is 2. The van der Waals surface area contributed by atoms with Crippen LogP contribution in [0.2, 0.25) is 0 Å². The molecule has 14 heteroatoms. The molecule has 184 valence electrons. The predicted molar refractivity (Wildman–Crippen MR) is 145 cm³/mol. The Kier molecular flexibility index (Phi) is 5.52. The molecule has 6 rings (SSSR count). The Morgan fingerprint density at radius 3 is 1.38 bits per heavy atom. The molecule has 2 nitrogen and oxygen atoms in total. The Balaban J connectivity index is 1.78. The van der Waals surface area contributed by atoms with E-state index >= 15 is 0 Å². The summed E-state index contributed by atoms with van der Waals surface area (Å²) in [6.45, 7) is 0. The van der Waals surface area contributed by atoms with Gasteiger partial charge >= 0.3 is 0 Å². The quantitative estimate of drug-likeness (QED) is 0.226. The summed E-state index contributed by atoms with van der Waals surface area (Å²) >= 11 is 83.4. The summed E-state index contributed by atoms with van der Waals surface area (Å²) in [5.74, 6) is -3.01. The van der Waals surface area contributed by atoms with Crippen LogP contribution in [0.3, 0.4) is 0 Å². The van der Waals surface area contributed by atoms with Crippen LogP contribution in [0.25, 0.3) is 0 Å². The highest BCUT2D eigenvalue weighted by Gasteiger charge is 2.91. The molecule has 0 unspecified atom stereocenters. The second-order valence-corrected chi connectivity index (χ2v) is 15.8. The number of hydrogen-bond donors (Lipinski definition) is 2. The van der Waals surface area contributed by atoms with Gasteiger partial charge in [0.15, 0.2) is 8.67 Å². The zero-order valence-corrected chi connectivity index (χ0v) is 25.1. The molecule has 0 amide bonds. The van der Waals surface area contributed by atoms with Crippen LogP contribution in [0, 0.1) is 11.8 Å². The zero-order valence-electron chi connectivity index (χ0n) is 16.0. The first-order valence-electron chi connectivity index (χ1n) is 9.71. The molecule has 0 aliphatic heterocycles. The van der Waals surface area contributed by atoms with Crippen molar-refractivity contribution in [3.8, 4) is 0 Å². The lowest BCUT2D eigenvalue weighted by Gasteiger charge is -2.52. The minimum absolute atomic E-state index is 0.000495. The molecule has 34 heavy (non-hydrogen) atoms. The van der Waals surface area contributed by atoms with E-state index in [1.807, 2.05) is 0 Å². The van der Waals surface area contributed by atoms with Crippen molar-refractivity contribution in [2.24, 2.45) is 11.8 Å². The number of fused-ring (bicyclic) bond motifs is 14.